The molecule has 0 spiro atoms. The van der Waals surface area contributed by atoms with Crippen LogP contribution in [0.1, 0.15) is 36.8 Å². The van der Waals surface area contributed by atoms with Crippen LogP contribution < -0.4 is 10.6 Å². The van der Waals surface area contributed by atoms with Gasteiger partial charge in [0.05, 0.1) is 5.92 Å². The van der Waals surface area contributed by atoms with Gasteiger partial charge < -0.3 is 10.6 Å². The molecule has 1 fully saturated rings. The number of urea groups is 1. The standard InChI is InChI=1S/C18H25F3N2OS/c1-13-5-7-14(8-6-13)12-25-10-9-22-17(24)23-16-4-2-3-15(11-16)18(19,20)21/h5-8,15-16H,2-4,9-12H2,1H3,(H2,22,23,24). The quantitative estimate of drug-likeness (QED) is 0.712. The van der Waals surface area contributed by atoms with Crippen molar-refractivity contribution in [3.63, 3.8) is 0 Å². The van der Waals surface area contributed by atoms with Crippen LogP contribution >= 0.6 is 11.8 Å². The fourth-order valence-corrected chi connectivity index (χ4v) is 3.78. The summed E-state index contributed by atoms with van der Waals surface area (Å²) in [4.78, 5) is 11.8. The highest BCUT2D eigenvalue weighted by atomic mass is 32.2. The van der Waals surface area contributed by atoms with Crippen LogP contribution in [-0.2, 0) is 5.75 Å². The van der Waals surface area contributed by atoms with Gasteiger partial charge in [-0.25, -0.2) is 4.79 Å². The minimum atomic E-state index is -4.16. The first-order valence-corrected chi connectivity index (χ1v) is 9.74. The average molecular weight is 374 g/mol. The van der Waals surface area contributed by atoms with E-state index in [9.17, 15) is 18.0 Å². The number of rotatable bonds is 6. The summed E-state index contributed by atoms with van der Waals surface area (Å²) in [5.74, 6) is 0.341. The Bertz CT molecular complexity index is 548. The summed E-state index contributed by atoms with van der Waals surface area (Å²) in [6.45, 7) is 2.54. The van der Waals surface area contributed by atoms with Crippen molar-refractivity contribution in [3.8, 4) is 0 Å². The van der Waals surface area contributed by atoms with Gasteiger partial charge in [-0.15, -0.1) is 0 Å². The van der Waals surface area contributed by atoms with Crippen molar-refractivity contribution in [2.24, 2.45) is 5.92 Å². The molecular weight excluding hydrogens is 349 g/mol. The van der Waals surface area contributed by atoms with Crippen LogP contribution in [0, 0.1) is 12.8 Å². The molecule has 25 heavy (non-hydrogen) atoms. The second-order valence-corrected chi connectivity index (χ2v) is 7.65. The molecule has 2 rings (SSSR count). The minimum absolute atomic E-state index is 0.0148. The van der Waals surface area contributed by atoms with Crippen LogP contribution in [0.2, 0.25) is 0 Å². The van der Waals surface area contributed by atoms with Crippen LogP contribution in [0.15, 0.2) is 24.3 Å². The van der Waals surface area contributed by atoms with Gasteiger partial charge in [-0.2, -0.15) is 24.9 Å². The third kappa shape index (κ3) is 7.18. The van der Waals surface area contributed by atoms with Crippen LogP contribution in [0.5, 0.6) is 0 Å². The Kier molecular flexibility index (Phi) is 7.47. The molecule has 7 heteroatoms. The van der Waals surface area contributed by atoms with Gasteiger partial charge in [-0.3, -0.25) is 0 Å². The Morgan fingerprint density at radius 2 is 1.96 bits per heavy atom. The van der Waals surface area contributed by atoms with Crippen molar-refractivity contribution in [2.75, 3.05) is 12.3 Å². The van der Waals surface area contributed by atoms with Crippen LogP contribution in [0.4, 0.5) is 18.0 Å². The number of nitrogens with one attached hydrogen (secondary N) is 2. The molecule has 0 heterocycles. The molecule has 2 atom stereocenters. The summed E-state index contributed by atoms with van der Waals surface area (Å²) in [5.41, 5.74) is 2.46. The summed E-state index contributed by atoms with van der Waals surface area (Å²) in [5, 5.41) is 5.40. The van der Waals surface area contributed by atoms with Crippen LogP contribution in [0.25, 0.3) is 0 Å². The zero-order valence-corrected chi connectivity index (χ0v) is 15.2. The average Bonchev–Trinajstić information content (AvgIpc) is 2.56. The molecule has 1 aliphatic carbocycles. The van der Waals surface area contributed by atoms with Gasteiger partial charge in [0.25, 0.3) is 0 Å². The molecule has 2 N–H and O–H groups in total. The van der Waals surface area contributed by atoms with Gasteiger partial charge >= 0.3 is 12.2 Å². The first-order valence-electron chi connectivity index (χ1n) is 8.59. The molecule has 0 aromatic heterocycles. The Labute approximate surface area is 151 Å². The van der Waals surface area contributed by atoms with Crippen molar-refractivity contribution in [3.05, 3.63) is 35.4 Å². The molecule has 2 unspecified atom stereocenters. The predicted octanol–water partition coefficient (Wildman–Crippen LogP) is 4.65. The number of hydrogen-bond acceptors (Lipinski definition) is 2. The predicted molar refractivity (Wildman–Crippen MR) is 95.7 cm³/mol. The molecule has 1 saturated carbocycles. The number of benzene rings is 1. The summed E-state index contributed by atoms with van der Waals surface area (Å²) in [6.07, 6.45) is -2.90. The number of carbonyl (C=O) groups is 1. The maximum Gasteiger partial charge on any atom is 0.391 e. The number of carbonyl (C=O) groups excluding carboxylic acids is 1. The van der Waals surface area contributed by atoms with Gasteiger partial charge in [-0.1, -0.05) is 36.2 Å². The summed E-state index contributed by atoms with van der Waals surface area (Å²) < 4.78 is 38.3. The molecule has 140 valence electrons. The molecule has 0 radical (unpaired) electrons. The number of amides is 2. The monoisotopic (exact) mass is 374 g/mol. The van der Waals surface area contributed by atoms with E-state index in [1.807, 2.05) is 6.92 Å². The van der Waals surface area contributed by atoms with E-state index >= 15 is 0 Å². The molecular formula is C18H25F3N2OS. The maximum absolute atomic E-state index is 12.8. The lowest BCUT2D eigenvalue weighted by atomic mass is 9.85. The molecule has 0 bridgehead atoms. The third-order valence-corrected chi connectivity index (χ3v) is 5.42. The second-order valence-electron chi connectivity index (χ2n) is 6.54. The molecule has 1 aliphatic rings. The molecule has 0 aliphatic heterocycles. The minimum Gasteiger partial charge on any atom is -0.337 e. The summed E-state index contributed by atoms with van der Waals surface area (Å²) in [6, 6.07) is 7.55. The summed E-state index contributed by atoms with van der Waals surface area (Å²) in [7, 11) is 0. The highest BCUT2D eigenvalue weighted by molar-refractivity contribution is 7.98. The summed E-state index contributed by atoms with van der Waals surface area (Å²) >= 11 is 1.71. The second kappa shape index (κ2) is 9.36. The van der Waals surface area contributed by atoms with E-state index in [2.05, 4.69) is 34.9 Å². The van der Waals surface area contributed by atoms with Gasteiger partial charge in [0.1, 0.15) is 0 Å². The topological polar surface area (TPSA) is 41.1 Å². The maximum atomic E-state index is 12.8. The van der Waals surface area contributed by atoms with Crippen molar-refractivity contribution in [2.45, 2.75) is 50.6 Å². The van der Waals surface area contributed by atoms with Gasteiger partial charge in [0.15, 0.2) is 0 Å². The smallest absolute Gasteiger partial charge is 0.337 e. The number of aryl methyl sites for hydroxylation is 1. The fraction of sp³-hybridized carbons (Fsp3) is 0.611. The van der Waals surface area contributed by atoms with E-state index in [4.69, 9.17) is 0 Å². The van der Waals surface area contributed by atoms with E-state index in [1.165, 1.54) is 11.1 Å². The lowest BCUT2D eigenvalue weighted by molar-refractivity contribution is -0.183. The van der Waals surface area contributed by atoms with E-state index < -0.39 is 12.1 Å². The Hall–Kier alpha value is -1.37. The third-order valence-electron chi connectivity index (χ3n) is 4.39. The first kappa shape index (κ1) is 19.9. The van der Waals surface area contributed by atoms with E-state index in [-0.39, 0.29) is 24.9 Å². The zero-order valence-electron chi connectivity index (χ0n) is 14.4. The zero-order chi connectivity index (χ0) is 18.3. The number of hydrogen-bond donors (Lipinski definition) is 2. The normalized spacial score (nSPS) is 21.0. The molecule has 0 saturated heterocycles. The first-order chi connectivity index (χ1) is 11.8. The van der Waals surface area contributed by atoms with Gasteiger partial charge in [0, 0.05) is 24.1 Å². The largest absolute Gasteiger partial charge is 0.391 e. The highest BCUT2D eigenvalue weighted by Crippen LogP contribution is 2.37. The SMILES string of the molecule is Cc1ccc(CSCCNC(=O)NC2CCCC(C(F)(F)F)C2)cc1. The van der Waals surface area contributed by atoms with E-state index in [1.54, 1.807) is 11.8 Å². The highest BCUT2D eigenvalue weighted by Gasteiger charge is 2.42. The number of halogens is 3. The van der Waals surface area contributed by atoms with Crippen molar-refractivity contribution < 1.29 is 18.0 Å². The molecule has 1 aromatic rings. The lowest BCUT2D eigenvalue weighted by Crippen LogP contribution is -2.46. The van der Waals surface area contributed by atoms with Gasteiger partial charge in [-0.05, 0) is 31.7 Å². The van der Waals surface area contributed by atoms with Gasteiger partial charge in [0.2, 0.25) is 0 Å². The lowest BCUT2D eigenvalue weighted by Gasteiger charge is -2.31. The van der Waals surface area contributed by atoms with E-state index in [0.29, 0.717) is 19.4 Å². The fourth-order valence-electron chi connectivity index (χ4n) is 2.97. The number of thioether (sulfide) groups is 1. The van der Waals surface area contributed by atoms with E-state index in [0.717, 1.165) is 11.5 Å². The van der Waals surface area contributed by atoms with Crippen molar-refractivity contribution >= 4 is 17.8 Å². The molecule has 3 nitrogen and oxygen atoms in total. The molecule has 1 aromatic carbocycles. The number of alkyl halides is 3. The Morgan fingerprint density at radius 1 is 1.24 bits per heavy atom. The molecule has 2 amide bonds. The Balaban J connectivity index is 1.60. The Morgan fingerprint density at radius 3 is 2.64 bits per heavy atom. The van der Waals surface area contributed by atoms with Crippen molar-refractivity contribution in [1.82, 2.24) is 10.6 Å². The van der Waals surface area contributed by atoms with Crippen molar-refractivity contribution in [1.29, 1.82) is 0 Å². The van der Waals surface area contributed by atoms with Crippen LogP contribution in [-0.4, -0.2) is 30.5 Å². The van der Waals surface area contributed by atoms with Crippen LogP contribution in [0.3, 0.4) is 0 Å².